The highest BCUT2D eigenvalue weighted by Gasteiger charge is 2.46. The van der Waals surface area contributed by atoms with E-state index in [2.05, 4.69) is 12.1 Å². The summed E-state index contributed by atoms with van der Waals surface area (Å²) in [5.41, 5.74) is -5.57. The van der Waals surface area contributed by atoms with Crippen molar-refractivity contribution in [1.82, 2.24) is 9.13 Å². The number of rotatable bonds is 6. The van der Waals surface area contributed by atoms with Crippen molar-refractivity contribution in [3.8, 4) is 45.8 Å². The van der Waals surface area contributed by atoms with Gasteiger partial charge in [-0.3, -0.25) is 0 Å². The molecule has 0 spiro atoms. The Bertz CT molecular complexity index is 5380. The zero-order chi connectivity index (χ0) is 67.5. The second-order valence-electron chi connectivity index (χ2n) is 25.0. The molecule has 96 heavy (non-hydrogen) atoms. The average Bonchev–Trinajstić information content (AvgIpc) is 1.18. The summed E-state index contributed by atoms with van der Waals surface area (Å²) in [6, 6.07) is 58.4. The normalized spacial score (nSPS) is 14.4. The fourth-order valence-electron chi connectivity index (χ4n) is 15.0. The first-order valence-electron chi connectivity index (χ1n) is 30.3. The van der Waals surface area contributed by atoms with E-state index >= 15 is 52.7 Å². The lowest BCUT2D eigenvalue weighted by atomic mass is 9.68. The first-order chi connectivity index (χ1) is 45.6. The number of hydrogen-bond donors (Lipinski definition) is 0. The zero-order valence-corrected chi connectivity index (χ0v) is 51.0. The molecule has 0 saturated carbocycles. The molecule has 13 aromatic rings. The van der Waals surface area contributed by atoms with Crippen molar-refractivity contribution in [3.63, 3.8) is 0 Å². The van der Waals surface area contributed by atoms with Crippen LogP contribution >= 0.6 is 0 Å². The summed E-state index contributed by atoms with van der Waals surface area (Å²) in [4.78, 5) is 3.94. The standard InChI is InChI=1S/C78H48F12N6/c1-73(2)57-23-11-13-25-59(57)93(47-17-7-5-8-18-47)61-27-15-21-53(69(61)73)67-55(41-91)68(54-22-16-28-62-70(54)74(3,4)58-24-12-14-26-60(58)94(62)48-19-9-6-10-20-48)72(96-65-39-45(77(85,86)87)31-35-51(65)52-36-32-46(40-66(52)96)78(88,89)90)71(56(67)42-92)95-63-37-43(75(79,80)81)29-33-49(63)50-34-30-44(38-64(50)95)76(82,83)84/h5-40H,1-4H3. The van der Waals surface area contributed by atoms with Crippen molar-refractivity contribution >= 4 is 77.7 Å². The van der Waals surface area contributed by atoms with E-state index in [1.54, 1.807) is 24.3 Å². The van der Waals surface area contributed by atoms with Crippen LogP contribution in [0.5, 0.6) is 0 Å². The van der Waals surface area contributed by atoms with Crippen LogP contribution in [-0.2, 0) is 35.5 Å². The smallest absolute Gasteiger partial charge is 0.310 e. The molecule has 0 aliphatic carbocycles. The highest BCUT2D eigenvalue weighted by atomic mass is 19.4. The third-order valence-electron chi connectivity index (χ3n) is 19.0. The number of alkyl halides is 12. The molecule has 15 rings (SSSR count). The number of hydrogen-bond acceptors (Lipinski definition) is 4. The molecule has 6 nitrogen and oxygen atoms in total. The number of anilines is 6. The fourth-order valence-corrected chi connectivity index (χ4v) is 15.0. The second-order valence-corrected chi connectivity index (χ2v) is 25.0. The molecule has 0 N–H and O–H groups in total. The number of nitrogens with zero attached hydrogens (tertiary/aromatic N) is 6. The second kappa shape index (κ2) is 21.1. The van der Waals surface area contributed by atoms with E-state index in [4.69, 9.17) is 0 Å². The van der Waals surface area contributed by atoms with Crippen molar-refractivity contribution < 1.29 is 52.7 Å². The maximum Gasteiger partial charge on any atom is 0.416 e. The molecule has 0 unspecified atom stereocenters. The summed E-state index contributed by atoms with van der Waals surface area (Å²) in [7, 11) is 0. The molecule has 2 aliphatic rings. The van der Waals surface area contributed by atoms with Gasteiger partial charge in [-0.2, -0.15) is 63.2 Å². The lowest BCUT2D eigenvalue weighted by Gasteiger charge is -2.44. The number of nitriles is 2. The summed E-state index contributed by atoms with van der Waals surface area (Å²) in [6.45, 7) is 7.65. The molecule has 2 aliphatic heterocycles. The van der Waals surface area contributed by atoms with E-state index in [1.165, 1.54) is 0 Å². The molecular weight excluding hydrogens is 1250 g/mol. The molecule has 2 aromatic heterocycles. The van der Waals surface area contributed by atoms with Crippen molar-refractivity contribution in [2.75, 3.05) is 9.80 Å². The van der Waals surface area contributed by atoms with Crippen LogP contribution < -0.4 is 9.80 Å². The van der Waals surface area contributed by atoms with Gasteiger partial charge in [-0.05, 0) is 130 Å². The SMILES string of the molecule is CC1(C)c2ccccc2N(c2ccccc2)c2cccc(-c3c(C#N)c(-c4cccc5c4C(C)(C)c4ccccc4N5c4ccccc4)c(-n4c5cc(C(F)(F)F)ccc5c5ccc(C(F)(F)F)cc54)c(-n4c5cc(C(F)(F)F)ccc5c5ccc(C(F)(F)F)cc54)c3C#N)c21. The molecule has 0 radical (unpaired) electrons. The van der Waals surface area contributed by atoms with Gasteiger partial charge in [0.15, 0.2) is 0 Å². The van der Waals surface area contributed by atoms with Gasteiger partial charge >= 0.3 is 24.7 Å². The van der Waals surface area contributed by atoms with E-state index in [9.17, 15) is 10.5 Å². The predicted molar refractivity (Wildman–Crippen MR) is 349 cm³/mol. The topological polar surface area (TPSA) is 63.9 Å². The van der Waals surface area contributed by atoms with Crippen molar-refractivity contribution in [2.24, 2.45) is 0 Å². The molecule has 11 aromatic carbocycles. The van der Waals surface area contributed by atoms with E-state index in [0.29, 0.717) is 69.4 Å². The monoisotopic (exact) mass is 1300 g/mol. The fraction of sp³-hybridized carbons (Fsp3) is 0.128. The van der Waals surface area contributed by atoms with Crippen molar-refractivity contribution in [3.05, 3.63) is 274 Å². The quantitative estimate of drug-likeness (QED) is 0.156. The Morgan fingerprint density at radius 3 is 0.979 bits per heavy atom. The van der Waals surface area contributed by atoms with E-state index in [0.717, 1.165) is 68.9 Å². The number of halogens is 12. The minimum Gasteiger partial charge on any atom is -0.310 e. The Balaban J connectivity index is 1.27. The van der Waals surface area contributed by atoms with Crippen LogP contribution in [0.4, 0.5) is 86.8 Å². The van der Waals surface area contributed by atoms with Gasteiger partial charge in [0.2, 0.25) is 0 Å². The lowest BCUT2D eigenvalue weighted by Crippen LogP contribution is -2.32. The molecular formula is C78H48F12N6. The van der Waals surface area contributed by atoms with E-state index in [1.807, 2.05) is 159 Å². The first kappa shape index (κ1) is 61.0. The van der Waals surface area contributed by atoms with Gasteiger partial charge in [0.25, 0.3) is 0 Å². The Morgan fingerprint density at radius 2 is 0.635 bits per heavy atom. The molecule has 4 heterocycles. The van der Waals surface area contributed by atoms with Crippen LogP contribution in [0.15, 0.2) is 218 Å². The molecule has 0 bridgehead atoms. The minimum atomic E-state index is -5.14. The molecule has 0 atom stereocenters. The van der Waals surface area contributed by atoms with Crippen molar-refractivity contribution in [1.29, 1.82) is 10.5 Å². The number of aromatic nitrogens is 2. The Labute approximate surface area is 540 Å². The van der Waals surface area contributed by atoms with Crippen LogP contribution in [0, 0.1) is 22.7 Å². The summed E-state index contributed by atoms with van der Waals surface area (Å²) < 4.78 is 189. The third-order valence-corrected chi connectivity index (χ3v) is 19.0. The lowest BCUT2D eigenvalue weighted by molar-refractivity contribution is -0.138. The highest BCUT2D eigenvalue weighted by molar-refractivity contribution is 6.15. The van der Waals surface area contributed by atoms with Gasteiger partial charge in [0.05, 0.1) is 89.6 Å². The van der Waals surface area contributed by atoms with Gasteiger partial charge in [-0.25, -0.2) is 0 Å². The van der Waals surface area contributed by atoms with Gasteiger partial charge in [0, 0.05) is 54.9 Å². The zero-order valence-electron chi connectivity index (χ0n) is 51.0. The predicted octanol–water partition coefficient (Wildman–Crippen LogP) is 23.3. The third kappa shape index (κ3) is 9.09. The Hall–Kier alpha value is -11.2. The maximum absolute atomic E-state index is 15.6. The molecule has 474 valence electrons. The summed E-state index contributed by atoms with van der Waals surface area (Å²) in [5, 5.41) is 25.2. The molecule has 0 amide bonds. The first-order valence-corrected chi connectivity index (χ1v) is 30.3. The average molecular weight is 1300 g/mol. The van der Waals surface area contributed by atoms with E-state index in [-0.39, 0.29) is 49.4 Å². The molecule has 0 saturated heterocycles. The van der Waals surface area contributed by atoms with Gasteiger partial charge in [0.1, 0.15) is 12.1 Å². The van der Waals surface area contributed by atoms with Crippen LogP contribution in [0.1, 0.15) is 83.3 Å². The van der Waals surface area contributed by atoms with Gasteiger partial charge in [-0.1, -0.05) is 149 Å². The number of benzene rings is 11. The van der Waals surface area contributed by atoms with Crippen LogP contribution in [-0.4, -0.2) is 9.13 Å². The largest absolute Gasteiger partial charge is 0.416 e. The van der Waals surface area contributed by atoms with Crippen molar-refractivity contribution in [2.45, 2.75) is 63.2 Å². The highest BCUT2D eigenvalue weighted by Crippen LogP contribution is 2.61. The van der Waals surface area contributed by atoms with Gasteiger partial charge < -0.3 is 18.9 Å². The number of para-hydroxylation sites is 4. The number of fused-ring (bicyclic) bond motifs is 10. The van der Waals surface area contributed by atoms with E-state index < -0.39 is 96.8 Å². The Kier molecular flexibility index (Phi) is 13.4. The summed E-state index contributed by atoms with van der Waals surface area (Å²) in [6.07, 6.45) is -20.6. The van der Waals surface area contributed by atoms with Crippen LogP contribution in [0.2, 0.25) is 0 Å². The molecule has 18 heteroatoms. The minimum absolute atomic E-state index is 0.0798. The summed E-state index contributed by atoms with van der Waals surface area (Å²) in [5.74, 6) is 0. The summed E-state index contributed by atoms with van der Waals surface area (Å²) >= 11 is 0. The maximum atomic E-state index is 15.6. The van der Waals surface area contributed by atoms with Gasteiger partial charge in [-0.15, -0.1) is 0 Å². The van der Waals surface area contributed by atoms with Crippen LogP contribution in [0.25, 0.3) is 77.2 Å². The molecule has 0 fully saturated rings. The Morgan fingerprint density at radius 1 is 0.323 bits per heavy atom. The van der Waals surface area contributed by atoms with Crippen LogP contribution in [0.3, 0.4) is 0 Å².